The summed E-state index contributed by atoms with van der Waals surface area (Å²) in [6, 6.07) is 6.16. The fourth-order valence-corrected chi connectivity index (χ4v) is 14.4. The number of ketones is 1. The summed E-state index contributed by atoms with van der Waals surface area (Å²) in [5, 5.41) is 103. The van der Waals surface area contributed by atoms with E-state index in [0.717, 1.165) is 48.5 Å². The summed E-state index contributed by atoms with van der Waals surface area (Å²) in [6.07, 6.45) is -17.8. The predicted molar refractivity (Wildman–Crippen MR) is 388 cm³/mol. The van der Waals surface area contributed by atoms with Crippen molar-refractivity contribution in [3.63, 3.8) is 0 Å². The Morgan fingerprint density at radius 3 is 1.90 bits per heavy atom. The molecule has 8 heterocycles. The standard InChI is InChI=1S/C75H82Cl2N10O24/c1-28(2)17-43(80-5)67(97)86-58-61(94)34-12-15-47(40(76)19-34)106-49-21-36-22-50(64(49)110-75-66(109-53-25-42(78)60(93)30(4)105-53)63(96)65-51(108-75)27-104-74(111-65)32-9-7-31(8-10-32)29(3)88)107-48-16-13-35(20-41(48)77)62(95)59-73(103)85-57(69(99)81-6)39-23-37(89)24-46(91)54(39)38-18-33(11-14-45(38)90)55(70(100)87-59)84-71(101)56(36)83-68(98)44(26-52(79)92)82-72(58)102/h7-16,18-24,28,30,42-44,51,53,55-63,65-66,74-75,80,89-91,93-96H,17,25-27,78H2,1-6H3,(H2,79,92)(H,81,99)(H,82,102)(H,83,98)(H,84,101)(H,85,103)(H,86,97)(H,87,100). The average Bonchev–Trinajstić information content (AvgIpc) is 0.765. The van der Waals surface area contributed by atoms with Gasteiger partial charge in [-0.3, -0.25) is 43.2 Å². The number of benzene rings is 6. The number of fused-ring (bicyclic) bond motifs is 16. The third-order valence-electron chi connectivity index (χ3n) is 19.8. The average molecular weight is 1580 g/mol. The molecule has 8 aliphatic heterocycles. The number of amides is 8. The summed E-state index contributed by atoms with van der Waals surface area (Å²) in [7, 11) is 2.68. The van der Waals surface area contributed by atoms with Crippen LogP contribution in [0.5, 0.6) is 46.0 Å². The van der Waals surface area contributed by atoms with Gasteiger partial charge in [-0.05, 0) is 116 Å². The Morgan fingerprint density at radius 1 is 0.667 bits per heavy atom. The summed E-state index contributed by atoms with van der Waals surface area (Å²) in [5.41, 5.74) is 10.9. The molecule has 19 unspecified atom stereocenters. The molecule has 0 radical (unpaired) electrons. The van der Waals surface area contributed by atoms with E-state index in [9.17, 15) is 59.7 Å². The Hall–Kier alpha value is -10.3. The number of phenols is 3. The van der Waals surface area contributed by atoms with E-state index in [1.165, 1.54) is 58.3 Å². The van der Waals surface area contributed by atoms with Crippen LogP contribution in [0, 0.1) is 5.92 Å². The lowest BCUT2D eigenvalue weighted by Gasteiger charge is -2.48. The van der Waals surface area contributed by atoms with Crippen molar-refractivity contribution in [2.75, 3.05) is 20.7 Å². The number of carbonyl (C=O) groups excluding carboxylic acids is 9. The summed E-state index contributed by atoms with van der Waals surface area (Å²) in [4.78, 5) is 131. The molecule has 19 atom stereocenters. The Balaban J connectivity index is 1.08. The summed E-state index contributed by atoms with van der Waals surface area (Å²) in [6.45, 7) is 6.28. The molecule has 11 bridgehead atoms. The molecule has 8 amide bonds. The van der Waals surface area contributed by atoms with E-state index in [-0.39, 0.29) is 80.5 Å². The third kappa shape index (κ3) is 17.1. The van der Waals surface area contributed by atoms with Crippen LogP contribution in [0.25, 0.3) is 11.1 Å². The third-order valence-corrected chi connectivity index (χ3v) is 20.4. The van der Waals surface area contributed by atoms with Gasteiger partial charge >= 0.3 is 0 Å². The lowest BCUT2D eigenvalue weighted by Crippen LogP contribution is -2.65. The van der Waals surface area contributed by atoms with Gasteiger partial charge in [-0.2, -0.15) is 0 Å². The number of aromatic hydroxyl groups is 3. The first-order valence-corrected chi connectivity index (χ1v) is 36.0. The maximum Gasteiger partial charge on any atom is 0.248 e. The van der Waals surface area contributed by atoms with Crippen LogP contribution < -0.4 is 68.2 Å². The number of halogens is 2. The van der Waals surface area contributed by atoms with Crippen LogP contribution in [0.3, 0.4) is 0 Å². The number of aliphatic hydroxyl groups excluding tert-OH is 4. The van der Waals surface area contributed by atoms with E-state index >= 15 is 19.2 Å². The second kappa shape index (κ2) is 33.3. The molecule has 0 saturated carbocycles. The van der Waals surface area contributed by atoms with Crippen molar-refractivity contribution < 1.29 is 117 Å². The number of aliphatic hydroxyl groups is 4. The summed E-state index contributed by atoms with van der Waals surface area (Å²) < 4.78 is 52.6. The highest BCUT2D eigenvalue weighted by Gasteiger charge is 2.54. The summed E-state index contributed by atoms with van der Waals surface area (Å²) in [5.74, 6) is -14.5. The number of hydrogen-bond donors (Lipinski definition) is 17. The number of nitrogens with two attached hydrogens (primary N) is 2. The lowest BCUT2D eigenvalue weighted by molar-refractivity contribution is -0.372. The van der Waals surface area contributed by atoms with Gasteiger partial charge < -0.3 is 128 Å². The van der Waals surface area contributed by atoms with Crippen LogP contribution in [-0.2, 0) is 62.0 Å². The number of ether oxygens (including phenoxy) is 8. The van der Waals surface area contributed by atoms with Gasteiger partial charge in [0.15, 0.2) is 36.0 Å². The van der Waals surface area contributed by atoms with Gasteiger partial charge in [0.25, 0.3) is 0 Å². The summed E-state index contributed by atoms with van der Waals surface area (Å²) >= 11 is 14.4. The monoisotopic (exact) mass is 1580 g/mol. The van der Waals surface area contributed by atoms with Crippen molar-refractivity contribution in [1.29, 1.82) is 0 Å². The Morgan fingerprint density at radius 2 is 1.29 bits per heavy atom. The molecule has 0 aromatic heterocycles. The number of carbonyl (C=O) groups is 9. The number of Topliss-reactive ketones (excluding diaryl/α,β-unsaturated/α-hetero) is 1. The van der Waals surface area contributed by atoms with Gasteiger partial charge in [0.2, 0.25) is 59.3 Å². The van der Waals surface area contributed by atoms with Crippen molar-refractivity contribution in [2.24, 2.45) is 17.4 Å². The van der Waals surface area contributed by atoms with E-state index in [1.807, 2.05) is 13.8 Å². The quantitative estimate of drug-likeness (QED) is 0.0696. The van der Waals surface area contributed by atoms with Gasteiger partial charge in [-0.15, -0.1) is 0 Å². The molecular weight excluding hydrogens is 1500 g/mol. The predicted octanol–water partition coefficient (Wildman–Crippen LogP) is 2.34. The van der Waals surface area contributed by atoms with Crippen LogP contribution in [0.4, 0.5) is 0 Å². The van der Waals surface area contributed by atoms with Crippen molar-refractivity contribution >= 4 is 76.2 Å². The minimum atomic E-state index is -2.32. The number of hydrogen-bond acceptors (Lipinski definition) is 26. The van der Waals surface area contributed by atoms with E-state index in [0.29, 0.717) is 11.1 Å². The number of nitrogens with one attached hydrogen (secondary N) is 8. The van der Waals surface area contributed by atoms with Crippen molar-refractivity contribution in [2.45, 2.75) is 163 Å². The number of likely N-dealkylation sites (N-methyl/N-ethyl adjacent to an activating group) is 2. The molecular formula is C75H82Cl2N10O24. The van der Waals surface area contributed by atoms with Crippen LogP contribution in [0.1, 0.15) is 127 Å². The van der Waals surface area contributed by atoms with Gasteiger partial charge in [0, 0.05) is 47.8 Å². The van der Waals surface area contributed by atoms with Gasteiger partial charge in [0.1, 0.15) is 95.5 Å². The molecule has 19 N–H and O–H groups in total. The fourth-order valence-electron chi connectivity index (χ4n) is 13.9. The van der Waals surface area contributed by atoms with Gasteiger partial charge in [-0.25, -0.2) is 0 Å². The number of rotatable bonds is 14. The van der Waals surface area contributed by atoms with Crippen molar-refractivity contribution in [3.8, 4) is 57.1 Å². The lowest BCUT2D eigenvalue weighted by atomic mass is 9.89. The maximum atomic E-state index is 16.2. The topological polar surface area (TPSA) is 517 Å². The van der Waals surface area contributed by atoms with Gasteiger partial charge in [0.05, 0.1) is 41.3 Å². The zero-order valence-electron chi connectivity index (χ0n) is 60.2. The zero-order chi connectivity index (χ0) is 79.9. The van der Waals surface area contributed by atoms with E-state index < -0.39 is 215 Å². The van der Waals surface area contributed by atoms with E-state index in [4.69, 9.17) is 72.6 Å². The molecule has 3 saturated heterocycles. The molecule has 6 aromatic carbocycles. The SMILES string of the molecule is CNC(=O)C1NC(=O)C2NC(=O)C(NC(=O)C3NC(=O)C(CC(N)=O)NC(=O)C(NC(=O)C(CC(C)C)NC)C(O)c4ccc(c(Cl)c4)Oc4cc3cc(c4OC3OC4COC(c5ccc(C(C)=O)cc5)OC4C(O)C3OC3CC(N)C(O)C(C)O3)Oc3ccc(cc3Cl)C2O)c2ccc(O)c(c2)-c2c(O)cc(O)cc21. The van der Waals surface area contributed by atoms with E-state index in [1.54, 1.807) is 24.3 Å². The molecule has 0 spiro atoms. The van der Waals surface area contributed by atoms with Crippen LogP contribution in [0.15, 0.2) is 103 Å². The first-order valence-electron chi connectivity index (χ1n) is 35.3. The minimum absolute atomic E-state index is 0.0936. The van der Waals surface area contributed by atoms with Crippen LogP contribution >= 0.6 is 23.2 Å². The van der Waals surface area contributed by atoms with Crippen LogP contribution in [0.2, 0.25) is 10.0 Å². The first-order chi connectivity index (χ1) is 52.8. The molecule has 8 aliphatic rings. The molecule has 14 rings (SSSR count). The molecule has 0 aliphatic carbocycles. The Labute approximate surface area is 643 Å². The number of primary amides is 1. The highest BCUT2D eigenvalue weighted by atomic mass is 35.5. The Bertz CT molecular complexity index is 4620. The van der Waals surface area contributed by atoms with E-state index in [2.05, 4.69) is 42.5 Å². The minimum Gasteiger partial charge on any atom is -0.508 e. The number of phenolic OH excluding ortho intramolecular Hbond substituents is 3. The largest absolute Gasteiger partial charge is 0.508 e. The van der Waals surface area contributed by atoms with Crippen molar-refractivity contribution in [1.82, 2.24) is 42.5 Å². The second-order valence-corrected chi connectivity index (χ2v) is 28.8. The molecule has 34 nitrogen and oxygen atoms in total. The zero-order valence-corrected chi connectivity index (χ0v) is 61.7. The molecule has 111 heavy (non-hydrogen) atoms. The highest BCUT2D eigenvalue weighted by Crippen LogP contribution is 2.50. The maximum absolute atomic E-state index is 16.2. The Kier molecular flexibility index (Phi) is 24.1. The normalized spacial score (nSPS) is 28.4. The molecule has 590 valence electrons. The van der Waals surface area contributed by atoms with Gasteiger partial charge in [-0.1, -0.05) is 79.5 Å². The first kappa shape index (κ1) is 80.2. The highest BCUT2D eigenvalue weighted by molar-refractivity contribution is 6.32. The molecule has 6 aromatic rings. The molecule has 3 fully saturated rings. The fraction of sp³-hybridized carbons (Fsp3) is 0.400. The molecule has 36 heteroatoms. The smallest absolute Gasteiger partial charge is 0.248 e. The van der Waals surface area contributed by atoms with Crippen molar-refractivity contribution in [3.05, 3.63) is 152 Å². The van der Waals surface area contributed by atoms with Crippen LogP contribution in [-0.4, -0.2) is 189 Å². The second-order valence-electron chi connectivity index (χ2n) is 28.0.